The van der Waals surface area contributed by atoms with Gasteiger partial charge in [0.05, 0.1) is 11.0 Å². The molecule has 2 aromatic rings. The molecule has 1 unspecified atom stereocenters. The Morgan fingerprint density at radius 2 is 1.76 bits per heavy atom. The molecule has 5 nitrogen and oxygen atoms in total. The molecule has 2 rings (SSSR count). The first-order valence-corrected chi connectivity index (χ1v) is 7.37. The highest BCUT2D eigenvalue weighted by Gasteiger charge is 2.18. The van der Waals surface area contributed by atoms with Gasteiger partial charge in [0, 0.05) is 11.5 Å². The van der Waals surface area contributed by atoms with Crippen molar-refractivity contribution in [3.05, 3.63) is 44.5 Å². The number of hydrogen-bond acceptors (Lipinski definition) is 3. The van der Waals surface area contributed by atoms with Crippen LogP contribution in [0.5, 0.6) is 0 Å². The number of fused-ring (bicyclic) bond motifs is 1. The molecule has 0 saturated carbocycles. The SMILES string of the molecule is CCCCC(CC)C(=O)c1ccc2[nH]c(=O)c(=O)[nH]c2c1. The molecule has 0 saturated heterocycles. The summed E-state index contributed by atoms with van der Waals surface area (Å²) in [6, 6.07) is 5.00. The number of nitrogens with one attached hydrogen (secondary N) is 2. The summed E-state index contributed by atoms with van der Waals surface area (Å²) in [5, 5.41) is 0. The van der Waals surface area contributed by atoms with Gasteiger partial charge in [-0.2, -0.15) is 0 Å². The van der Waals surface area contributed by atoms with Crippen molar-refractivity contribution in [2.24, 2.45) is 5.92 Å². The van der Waals surface area contributed by atoms with Crippen LogP contribution in [0.1, 0.15) is 49.9 Å². The van der Waals surface area contributed by atoms with Crippen molar-refractivity contribution in [2.45, 2.75) is 39.5 Å². The average Bonchev–Trinajstić information content (AvgIpc) is 2.48. The second-order valence-electron chi connectivity index (χ2n) is 5.28. The summed E-state index contributed by atoms with van der Waals surface area (Å²) in [5.41, 5.74) is 0.197. The predicted octanol–water partition coefficient (Wildman–Crippen LogP) is 2.62. The fourth-order valence-electron chi connectivity index (χ4n) is 2.47. The summed E-state index contributed by atoms with van der Waals surface area (Å²) < 4.78 is 0. The lowest BCUT2D eigenvalue weighted by molar-refractivity contribution is 0.0908. The zero-order chi connectivity index (χ0) is 15.4. The van der Waals surface area contributed by atoms with Crippen LogP contribution in [0.2, 0.25) is 0 Å². The van der Waals surface area contributed by atoms with Gasteiger partial charge in [-0.1, -0.05) is 26.7 Å². The Balaban J connectivity index is 2.37. The van der Waals surface area contributed by atoms with Crippen LogP contribution in [0.25, 0.3) is 11.0 Å². The number of hydrogen-bond donors (Lipinski definition) is 2. The van der Waals surface area contributed by atoms with Crippen LogP contribution < -0.4 is 11.1 Å². The lowest BCUT2D eigenvalue weighted by atomic mass is 9.90. The van der Waals surface area contributed by atoms with Gasteiger partial charge in [0.25, 0.3) is 0 Å². The minimum absolute atomic E-state index is 0.0110. The highest BCUT2D eigenvalue weighted by molar-refractivity contribution is 6.00. The maximum Gasteiger partial charge on any atom is 0.314 e. The lowest BCUT2D eigenvalue weighted by Gasteiger charge is -2.13. The Kier molecular flexibility index (Phi) is 4.73. The van der Waals surface area contributed by atoms with E-state index in [1.54, 1.807) is 18.2 Å². The average molecular weight is 288 g/mol. The van der Waals surface area contributed by atoms with Crippen molar-refractivity contribution in [1.29, 1.82) is 0 Å². The molecule has 0 spiro atoms. The Bertz CT molecular complexity index is 758. The maximum absolute atomic E-state index is 12.5. The Hall–Kier alpha value is -2.17. The lowest BCUT2D eigenvalue weighted by Crippen LogP contribution is -2.29. The number of carbonyl (C=O) groups excluding carboxylic acids is 1. The zero-order valence-electron chi connectivity index (χ0n) is 12.4. The maximum atomic E-state index is 12.5. The molecule has 21 heavy (non-hydrogen) atoms. The molecule has 0 aliphatic carbocycles. The van der Waals surface area contributed by atoms with Crippen LogP contribution in [0.4, 0.5) is 0 Å². The summed E-state index contributed by atoms with van der Waals surface area (Å²) in [4.78, 5) is 40.1. The number of unbranched alkanes of at least 4 members (excludes halogenated alkanes) is 1. The van der Waals surface area contributed by atoms with Crippen molar-refractivity contribution in [2.75, 3.05) is 0 Å². The van der Waals surface area contributed by atoms with Gasteiger partial charge < -0.3 is 9.97 Å². The summed E-state index contributed by atoms with van der Waals surface area (Å²) in [6.07, 6.45) is 3.78. The van der Waals surface area contributed by atoms with Crippen molar-refractivity contribution in [1.82, 2.24) is 9.97 Å². The van der Waals surface area contributed by atoms with Gasteiger partial charge in [0.15, 0.2) is 5.78 Å². The largest absolute Gasteiger partial charge is 0.316 e. The minimum Gasteiger partial charge on any atom is -0.316 e. The van der Waals surface area contributed by atoms with Crippen molar-refractivity contribution in [3.8, 4) is 0 Å². The predicted molar refractivity (Wildman–Crippen MR) is 82.8 cm³/mol. The fraction of sp³-hybridized carbons (Fsp3) is 0.438. The van der Waals surface area contributed by atoms with Gasteiger partial charge in [-0.05, 0) is 31.0 Å². The minimum atomic E-state index is -0.704. The van der Waals surface area contributed by atoms with Crippen LogP contribution in [0, 0.1) is 5.92 Å². The standard InChI is InChI=1S/C16H20N2O3/c1-3-5-6-10(4-2)14(19)11-7-8-12-13(9-11)18-16(21)15(20)17-12/h7-10H,3-6H2,1-2H3,(H,17,20)(H,18,21). The van der Waals surface area contributed by atoms with Crippen molar-refractivity contribution < 1.29 is 4.79 Å². The molecule has 0 radical (unpaired) electrons. The number of Topliss-reactive ketones (excluding diaryl/α,β-unsaturated/α-hetero) is 1. The fourth-order valence-corrected chi connectivity index (χ4v) is 2.47. The normalized spacial score (nSPS) is 12.5. The zero-order valence-corrected chi connectivity index (χ0v) is 12.4. The molecule has 1 aromatic heterocycles. The number of ketones is 1. The first-order chi connectivity index (χ1) is 10.1. The van der Waals surface area contributed by atoms with E-state index in [9.17, 15) is 14.4 Å². The second kappa shape index (κ2) is 6.52. The Labute approximate surface area is 122 Å². The number of rotatable bonds is 6. The number of aromatic nitrogens is 2. The molecule has 1 atom stereocenters. The Morgan fingerprint density at radius 3 is 2.38 bits per heavy atom. The third-order valence-corrected chi connectivity index (χ3v) is 3.78. The molecule has 5 heteroatoms. The second-order valence-corrected chi connectivity index (χ2v) is 5.28. The molecular formula is C16H20N2O3. The summed E-state index contributed by atoms with van der Waals surface area (Å²) in [7, 11) is 0. The molecule has 112 valence electrons. The highest BCUT2D eigenvalue weighted by Crippen LogP contribution is 2.20. The smallest absolute Gasteiger partial charge is 0.314 e. The molecule has 2 N–H and O–H groups in total. The molecule has 0 amide bonds. The van der Waals surface area contributed by atoms with E-state index >= 15 is 0 Å². The van der Waals surface area contributed by atoms with Gasteiger partial charge in [-0.25, -0.2) is 0 Å². The third-order valence-electron chi connectivity index (χ3n) is 3.78. The van der Waals surface area contributed by atoms with Crippen LogP contribution in [0.3, 0.4) is 0 Å². The van der Waals surface area contributed by atoms with Gasteiger partial charge in [0.2, 0.25) is 0 Å². The third kappa shape index (κ3) is 3.29. The van der Waals surface area contributed by atoms with E-state index < -0.39 is 11.1 Å². The summed E-state index contributed by atoms with van der Waals surface area (Å²) >= 11 is 0. The molecular weight excluding hydrogens is 268 g/mol. The van der Waals surface area contributed by atoms with Gasteiger partial charge in [-0.3, -0.25) is 14.4 Å². The van der Waals surface area contributed by atoms with Gasteiger partial charge >= 0.3 is 11.1 Å². The molecule has 0 bridgehead atoms. The number of aromatic amines is 2. The quantitative estimate of drug-likeness (QED) is 0.633. The Morgan fingerprint density at radius 1 is 1.10 bits per heavy atom. The monoisotopic (exact) mass is 288 g/mol. The molecule has 0 aliphatic rings. The topological polar surface area (TPSA) is 82.8 Å². The first kappa shape index (κ1) is 15.2. The van der Waals surface area contributed by atoms with E-state index in [2.05, 4.69) is 16.9 Å². The molecule has 1 heterocycles. The molecule has 1 aromatic carbocycles. The van der Waals surface area contributed by atoms with Crippen molar-refractivity contribution in [3.63, 3.8) is 0 Å². The van der Waals surface area contributed by atoms with E-state index in [-0.39, 0.29) is 11.7 Å². The van der Waals surface area contributed by atoms with Crippen LogP contribution >= 0.6 is 0 Å². The number of carbonyl (C=O) groups is 1. The van der Waals surface area contributed by atoms with E-state index in [0.717, 1.165) is 25.7 Å². The number of H-pyrrole nitrogens is 2. The van der Waals surface area contributed by atoms with Crippen molar-refractivity contribution >= 4 is 16.8 Å². The van der Waals surface area contributed by atoms with Gasteiger partial charge in [-0.15, -0.1) is 0 Å². The molecule has 0 aliphatic heterocycles. The van der Waals surface area contributed by atoms with E-state index in [4.69, 9.17) is 0 Å². The van der Waals surface area contributed by atoms with Crippen LogP contribution in [0.15, 0.2) is 27.8 Å². The van der Waals surface area contributed by atoms with Crippen LogP contribution in [-0.4, -0.2) is 15.8 Å². The summed E-state index contributed by atoms with van der Waals surface area (Å²) in [5.74, 6) is 0.108. The van der Waals surface area contributed by atoms with E-state index in [1.807, 2.05) is 6.92 Å². The first-order valence-electron chi connectivity index (χ1n) is 7.37. The van der Waals surface area contributed by atoms with Gasteiger partial charge in [0.1, 0.15) is 0 Å². The summed E-state index contributed by atoms with van der Waals surface area (Å²) in [6.45, 7) is 4.12. The molecule has 0 fully saturated rings. The number of benzene rings is 1. The van der Waals surface area contributed by atoms with E-state index in [0.29, 0.717) is 16.6 Å². The van der Waals surface area contributed by atoms with Crippen LogP contribution in [-0.2, 0) is 0 Å². The van der Waals surface area contributed by atoms with E-state index in [1.165, 1.54) is 0 Å². The highest BCUT2D eigenvalue weighted by atomic mass is 16.2.